The molecule has 8 heteroatoms. The minimum Gasteiger partial charge on any atom is -0.491 e. The fraction of sp³-hybridized carbons (Fsp3) is 0.619. The Hall–Kier alpha value is -2.16. The van der Waals surface area contributed by atoms with Crippen molar-refractivity contribution in [2.75, 3.05) is 59.9 Å². The topological polar surface area (TPSA) is 80.3 Å². The number of carbonyl (C=O) groups excluding carboxylic acids is 2. The summed E-state index contributed by atoms with van der Waals surface area (Å²) in [7, 11) is 6.96. The number of hydrogen-bond donors (Lipinski definition) is 1. The standard InChI is InChI=1S/C21H33N3O5/c1-14-10-23(3)15(2)12-29-18-9-16(22-20(25)13-27-5)7-8-17(18)21(26)24(4)11-19(14)28-6/h7-9,14-15,19H,10-13H2,1-6H3,(H,22,25)/t14-,15+,19-/m1/s1. The first-order valence-corrected chi connectivity index (χ1v) is 9.80. The molecule has 0 saturated carbocycles. The number of carbonyl (C=O) groups is 2. The van der Waals surface area contributed by atoms with Crippen LogP contribution in [-0.4, -0.2) is 88.4 Å². The lowest BCUT2D eigenvalue weighted by Crippen LogP contribution is -2.45. The molecule has 1 N–H and O–H groups in total. The third kappa shape index (κ3) is 6.16. The van der Waals surface area contributed by atoms with Gasteiger partial charge in [-0.3, -0.25) is 14.5 Å². The quantitative estimate of drug-likeness (QED) is 0.819. The molecule has 1 heterocycles. The number of benzene rings is 1. The minimum absolute atomic E-state index is 0.0436. The van der Waals surface area contributed by atoms with Crippen molar-refractivity contribution in [2.45, 2.75) is 26.0 Å². The summed E-state index contributed by atoms with van der Waals surface area (Å²) >= 11 is 0. The molecule has 1 aliphatic heterocycles. The van der Waals surface area contributed by atoms with Crippen molar-refractivity contribution in [3.8, 4) is 5.75 Å². The van der Waals surface area contributed by atoms with Crippen LogP contribution >= 0.6 is 0 Å². The SMILES string of the molecule is COCC(=O)Nc1ccc2c(c1)OC[C@H](C)N(C)C[C@@H](C)[C@H](OC)CN(C)C2=O. The van der Waals surface area contributed by atoms with E-state index >= 15 is 0 Å². The van der Waals surface area contributed by atoms with Crippen LogP contribution < -0.4 is 10.1 Å². The number of amides is 2. The van der Waals surface area contributed by atoms with Crippen LogP contribution in [0.25, 0.3) is 0 Å². The Morgan fingerprint density at radius 1 is 1.24 bits per heavy atom. The van der Waals surface area contributed by atoms with Gasteiger partial charge in [0, 0.05) is 52.2 Å². The summed E-state index contributed by atoms with van der Waals surface area (Å²) < 4.78 is 16.5. The number of anilines is 1. The van der Waals surface area contributed by atoms with E-state index < -0.39 is 0 Å². The Kier molecular flexibility index (Phi) is 8.43. The molecule has 0 radical (unpaired) electrons. The highest BCUT2D eigenvalue weighted by molar-refractivity contribution is 5.98. The summed E-state index contributed by atoms with van der Waals surface area (Å²) in [5, 5.41) is 2.75. The van der Waals surface area contributed by atoms with Crippen molar-refractivity contribution in [2.24, 2.45) is 5.92 Å². The number of nitrogens with zero attached hydrogens (tertiary/aromatic N) is 2. The van der Waals surface area contributed by atoms with Crippen LogP contribution in [0.2, 0.25) is 0 Å². The van der Waals surface area contributed by atoms with Gasteiger partial charge in [-0.2, -0.15) is 0 Å². The van der Waals surface area contributed by atoms with Crippen LogP contribution in [-0.2, 0) is 14.3 Å². The van der Waals surface area contributed by atoms with Gasteiger partial charge >= 0.3 is 0 Å². The summed E-state index contributed by atoms with van der Waals surface area (Å²) in [4.78, 5) is 28.8. The van der Waals surface area contributed by atoms with E-state index in [9.17, 15) is 9.59 Å². The number of rotatable bonds is 4. The van der Waals surface area contributed by atoms with Crippen LogP contribution in [0.5, 0.6) is 5.75 Å². The normalized spacial score (nSPS) is 24.1. The van der Waals surface area contributed by atoms with Gasteiger partial charge in [-0.15, -0.1) is 0 Å². The molecule has 0 saturated heterocycles. The summed E-state index contributed by atoms with van der Waals surface area (Å²) in [6, 6.07) is 5.20. The predicted molar refractivity (Wildman–Crippen MR) is 111 cm³/mol. The molecule has 0 spiro atoms. The smallest absolute Gasteiger partial charge is 0.257 e. The Labute approximate surface area is 173 Å². The molecule has 0 fully saturated rings. The third-order valence-electron chi connectivity index (χ3n) is 5.32. The summed E-state index contributed by atoms with van der Waals surface area (Å²) in [6.07, 6.45) is -0.0741. The number of likely N-dealkylation sites (N-methyl/N-ethyl adjacent to an activating group) is 2. The molecule has 2 amide bonds. The zero-order chi connectivity index (χ0) is 21.6. The first-order valence-electron chi connectivity index (χ1n) is 9.80. The van der Waals surface area contributed by atoms with Crippen LogP contribution in [0.15, 0.2) is 18.2 Å². The number of methoxy groups -OCH3 is 2. The van der Waals surface area contributed by atoms with Crippen LogP contribution in [0, 0.1) is 5.92 Å². The first kappa shape index (κ1) is 23.1. The molecule has 0 aliphatic carbocycles. The molecule has 1 aromatic rings. The fourth-order valence-corrected chi connectivity index (χ4v) is 3.36. The highest BCUT2D eigenvalue weighted by Gasteiger charge is 2.27. The molecule has 2 rings (SSSR count). The molecule has 0 bridgehead atoms. The van der Waals surface area contributed by atoms with E-state index in [0.717, 1.165) is 6.54 Å². The average molecular weight is 408 g/mol. The first-order chi connectivity index (χ1) is 13.8. The van der Waals surface area contributed by atoms with E-state index in [1.807, 2.05) is 0 Å². The predicted octanol–water partition coefficient (Wildman–Crippen LogP) is 1.71. The molecule has 8 nitrogen and oxygen atoms in total. The molecule has 1 aromatic carbocycles. The zero-order valence-electron chi connectivity index (χ0n) is 18.2. The second-order valence-electron chi connectivity index (χ2n) is 7.73. The van der Waals surface area contributed by atoms with E-state index in [1.54, 1.807) is 37.3 Å². The van der Waals surface area contributed by atoms with Crippen LogP contribution in [0.1, 0.15) is 24.2 Å². The molecule has 29 heavy (non-hydrogen) atoms. The van der Waals surface area contributed by atoms with Gasteiger partial charge in [0.15, 0.2) is 0 Å². The molecular formula is C21H33N3O5. The van der Waals surface area contributed by atoms with Gasteiger partial charge < -0.3 is 24.4 Å². The van der Waals surface area contributed by atoms with Crippen molar-refractivity contribution in [1.82, 2.24) is 9.80 Å². The van der Waals surface area contributed by atoms with Gasteiger partial charge in [-0.25, -0.2) is 0 Å². The molecule has 0 unspecified atom stereocenters. The van der Waals surface area contributed by atoms with Gasteiger partial charge in [-0.1, -0.05) is 6.92 Å². The summed E-state index contributed by atoms with van der Waals surface area (Å²) in [5.74, 6) is 0.277. The molecule has 1 aliphatic rings. The Morgan fingerprint density at radius 2 is 1.97 bits per heavy atom. The second kappa shape index (κ2) is 10.6. The van der Waals surface area contributed by atoms with E-state index in [2.05, 4.69) is 31.1 Å². The fourth-order valence-electron chi connectivity index (χ4n) is 3.36. The van der Waals surface area contributed by atoms with E-state index in [-0.39, 0.29) is 36.5 Å². The molecule has 3 atom stereocenters. The second-order valence-corrected chi connectivity index (χ2v) is 7.73. The minimum atomic E-state index is -0.269. The van der Waals surface area contributed by atoms with Gasteiger partial charge in [0.2, 0.25) is 5.91 Å². The summed E-state index contributed by atoms with van der Waals surface area (Å²) in [5.41, 5.74) is 1.01. The Bertz CT molecular complexity index is 712. The largest absolute Gasteiger partial charge is 0.491 e. The van der Waals surface area contributed by atoms with Gasteiger partial charge in [-0.05, 0) is 32.0 Å². The lowest BCUT2D eigenvalue weighted by Gasteiger charge is -2.34. The molecule has 162 valence electrons. The monoisotopic (exact) mass is 407 g/mol. The van der Waals surface area contributed by atoms with Crippen molar-refractivity contribution >= 4 is 17.5 Å². The van der Waals surface area contributed by atoms with Crippen molar-refractivity contribution in [3.05, 3.63) is 23.8 Å². The van der Waals surface area contributed by atoms with E-state index in [4.69, 9.17) is 14.2 Å². The molecular weight excluding hydrogens is 374 g/mol. The van der Waals surface area contributed by atoms with Gasteiger partial charge in [0.05, 0.1) is 11.7 Å². The summed E-state index contributed by atoms with van der Waals surface area (Å²) in [6.45, 7) is 5.89. The zero-order valence-corrected chi connectivity index (χ0v) is 18.2. The van der Waals surface area contributed by atoms with Crippen LogP contribution in [0.4, 0.5) is 5.69 Å². The Balaban J connectivity index is 2.35. The van der Waals surface area contributed by atoms with Crippen molar-refractivity contribution in [1.29, 1.82) is 0 Å². The number of nitrogens with one attached hydrogen (secondary N) is 1. The third-order valence-corrected chi connectivity index (χ3v) is 5.32. The van der Waals surface area contributed by atoms with Crippen molar-refractivity contribution in [3.63, 3.8) is 0 Å². The molecule has 0 aromatic heterocycles. The maximum atomic E-state index is 13.1. The maximum absolute atomic E-state index is 13.1. The highest BCUT2D eigenvalue weighted by atomic mass is 16.5. The number of ether oxygens (including phenoxy) is 3. The van der Waals surface area contributed by atoms with Crippen molar-refractivity contribution < 1.29 is 23.8 Å². The van der Waals surface area contributed by atoms with E-state index in [0.29, 0.717) is 30.2 Å². The Morgan fingerprint density at radius 3 is 2.62 bits per heavy atom. The van der Waals surface area contributed by atoms with E-state index in [1.165, 1.54) is 7.11 Å². The average Bonchev–Trinajstić information content (AvgIpc) is 2.68. The highest BCUT2D eigenvalue weighted by Crippen LogP contribution is 2.26. The number of fused-ring (bicyclic) bond motifs is 1. The lowest BCUT2D eigenvalue weighted by atomic mass is 10.0. The van der Waals surface area contributed by atoms with Crippen LogP contribution in [0.3, 0.4) is 0 Å². The number of hydrogen-bond acceptors (Lipinski definition) is 6. The van der Waals surface area contributed by atoms with Gasteiger partial charge in [0.1, 0.15) is 19.0 Å². The lowest BCUT2D eigenvalue weighted by molar-refractivity contribution is -0.119. The van der Waals surface area contributed by atoms with Gasteiger partial charge in [0.25, 0.3) is 5.91 Å². The maximum Gasteiger partial charge on any atom is 0.257 e.